The zero-order chi connectivity index (χ0) is 19.4. The monoisotopic (exact) mass is 388 g/mol. The van der Waals surface area contributed by atoms with Crippen LogP contribution in [0.3, 0.4) is 0 Å². The van der Waals surface area contributed by atoms with Gasteiger partial charge in [-0.15, -0.1) is 0 Å². The minimum atomic E-state index is -3.28. The molecule has 1 aliphatic rings. The van der Waals surface area contributed by atoms with Crippen LogP contribution in [0.15, 0.2) is 48.5 Å². The molecule has 1 aliphatic heterocycles. The van der Waals surface area contributed by atoms with Crippen molar-refractivity contribution in [3.63, 3.8) is 0 Å². The molecule has 1 saturated heterocycles. The number of hydrogen-bond acceptors (Lipinski definition) is 4. The molecule has 0 saturated carbocycles. The lowest BCUT2D eigenvalue weighted by Gasteiger charge is -2.28. The van der Waals surface area contributed by atoms with E-state index < -0.39 is 16.0 Å². The van der Waals surface area contributed by atoms with Crippen molar-refractivity contribution in [2.24, 2.45) is 0 Å². The minimum absolute atomic E-state index is 0.0648. The largest absolute Gasteiger partial charge is 0.478 e. The van der Waals surface area contributed by atoms with Crippen LogP contribution in [-0.2, 0) is 21.2 Å². The van der Waals surface area contributed by atoms with Crippen LogP contribution in [0.1, 0.15) is 28.8 Å². The van der Waals surface area contributed by atoms with E-state index >= 15 is 0 Å². The summed E-state index contributed by atoms with van der Waals surface area (Å²) in [7, 11) is -3.28. The van der Waals surface area contributed by atoms with Gasteiger partial charge < -0.3 is 10.4 Å². The minimum Gasteiger partial charge on any atom is -0.478 e. The molecular weight excluding hydrogens is 368 g/mol. The van der Waals surface area contributed by atoms with Crippen LogP contribution in [0.2, 0.25) is 0 Å². The first-order valence-electron chi connectivity index (χ1n) is 8.58. The number of nitrogens with zero attached hydrogens (tertiary/aromatic N) is 1. The normalized spacial score (nSPS) is 15.9. The van der Waals surface area contributed by atoms with Gasteiger partial charge in [-0.3, -0.25) is 9.10 Å². The second-order valence-corrected chi connectivity index (χ2v) is 8.34. The summed E-state index contributed by atoms with van der Waals surface area (Å²) < 4.78 is 25.7. The molecular formula is C19H20N2O5S. The number of hydrogen-bond donors (Lipinski definition) is 2. The molecule has 0 radical (unpaired) electrons. The molecule has 1 amide bonds. The van der Waals surface area contributed by atoms with E-state index in [0.717, 1.165) is 6.42 Å². The lowest BCUT2D eigenvalue weighted by atomic mass is 10.0. The third-order valence-corrected chi connectivity index (χ3v) is 6.26. The Bertz CT molecular complexity index is 954. The van der Waals surface area contributed by atoms with Crippen LogP contribution in [0.4, 0.5) is 11.4 Å². The van der Waals surface area contributed by atoms with Crippen molar-refractivity contribution in [1.29, 1.82) is 0 Å². The third kappa shape index (κ3) is 4.46. The van der Waals surface area contributed by atoms with Crippen molar-refractivity contribution in [1.82, 2.24) is 0 Å². The molecule has 2 N–H and O–H groups in total. The molecule has 1 heterocycles. The molecule has 0 unspecified atom stereocenters. The van der Waals surface area contributed by atoms with Gasteiger partial charge in [0.25, 0.3) is 0 Å². The number of amides is 1. The van der Waals surface area contributed by atoms with Crippen molar-refractivity contribution in [3.05, 3.63) is 59.7 Å². The van der Waals surface area contributed by atoms with E-state index in [2.05, 4.69) is 5.32 Å². The van der Waals surface area contributed by atoms with Gasteiger partial charge in [-0.1, -0.05) is 18.2 Å². The fourth-order valence-electron chi connectivity index (χ4n) is 3.05. The van der Waals surface area contributed by atoms with E-state index in [0.29, 0.717) is 29.9 Å². The van der Waals surface area contributed by atoms with Crippen molar-refractivity contribution in [2.45, 2.75) is 19.3 Å². The number of carboxylic acids is 1. The van der Waals surface area contributed by atoms with Gasteiger partial charge in [-0.05, 0) is 48.7 Å². The SMILES string of the molecule is O=C(Cc1ccccc1C(=O)O)Nc1ccc(N2CCCCS2(=O)=O)cc1. The standard InChI is InChI=1S/C19H20N2O5S/c22-18(13-14-5-1-2-6-17(14)19(23)24)20-15-7-9-16(10-8-15)21-11-3-4-12-27(21,25)26/h1-2,5-10H,3-4,11-13H2,(H,20,22)(H,23,24). The highest BCUT2D eigenvalue weighted by Gasteiger charge is 2.25. The number of carbonyl (C=O) groups is 2. The molecule has 2 aromatic carbocycles. The van der Waals surface area contributed by atoms with Crippen LogP contribution >= 0.6 is 0 Å². The molecule has 7 nitrogen and oxygen atoms in total. The van der Waals surface area contributed by atoms with Crippen molar-refractivity contribution in [3.8, 4) is 0 Å². The average Bonchev–Trinajstić information content (AvgIpc) is 2.62. The number of aromatic carboxylic acids is 1. The van der Waals surface area contributed by atoms with Crippen molar-refractivity contribution >= 4 is 33.3 Å². The summed E-state index contributed by atoms with van der Waals surface area (Å²) in [5.74, 6) is -1.28. The predicted octanol–water partition coefficient (Wildman–Crippen LogP) is 2.50. The first-order chi connectivity index (χ1) is 12.9. The fourth-order valence-corrected chi connectivity index (χ4v) is 4.69. The summed E-state index contributed by atoms with van der Waals surface area (Å²) in [6.07, 6.45) is 1.43. The maximum absolute atomic E-state index is 12.2. The van der Waals surface area contributed by atoms with Crippen LogP contribution < -0.4 is 9.62 Å². The Kier molecular flexibility index (Phi) is 5.46. The maximum Gasteiger partial charge on any atom is 0.335 e. The Balaban J connectivity index is 1.68. The molecule has 142 valence electrons. The predicted molar refractivity (Wildman–Crippen MR) is 103 cm³/mol. The summed E-state index contributed by atoms with van der Waals surface area (Å²) in [4.78, 5) is 23.5. The molecule has 0 aliphatic carbocycles. The Morgan fingerprint density at radius 3 is 2.41 bits per heavy atom. The van der Waals surface area contributed by atoms with E-state index in [1.807, 2.05) is 0 Å². The number of carbonyl (C=O) groups excluding carboxylic acids is 1. The highest BCUT2D eigenvalue weighted by atomic mass is 32.2. The molecule has 0 aromatic heterocycles. The Hall–Kier alpha value is -2.87. The Morgan fingerprint density at radius 1 is 1.04 bits per heavy atom. The number of sulfonamides is 1. The second kappa shape index (κ2) is 7.79. The van der Waals surface area contributed by atoms with Crippen molar-refractivity contribution < 1.29 is 23.1 Å². The van der Waals surface area contributed by atoms with E-state index in [4.69, 9.17) is 0 Å². The van der Waals surface area contributed by atoms with Crippen LogP contribution in [0, 0.1) is 0 Å². The molecule has 1 fully saturated rings. The Labute approximate surface area is 157 Å². The average molecular weight is 388 g/mol. The van der Waals surface area contributed by atoms with E-state index in [9.17, 15) is 23.1 Å². The highest BCUT2D eigenvalue weighted by Crippen LogP contribution is 2.25. The van der Waals surface area contributed by atoms with E-state index in [1.54, 1.807) is 42.5 Å². The summed E-state index contributed by atoms with van der Waals surface area (Å²) in [6, 6.07) is 12.9. The summed E-state index contributed by atoms with van der Waals surface area (Å²) >= 11 is 0. The van der Waals surface area contributed by atoms with Crippen molar-refractivity contribution in [2.75, 3.05) is 21.9 Å². The molecule has 27 heavy (non-hydrogen) atoms. The zero-order valence-electron chi connectivity index (χ0n) is 14.6. The first-order valence-corrected chi connectivity index (χ1v) is 10.2. The van der Waals surface area contributed by atoms with Crippen LogP contribution in [0.25, 0.3) is 0 Å². The first kappa shape index (κ1) is 18.9. The van der Waals surface area contributed by atoms with Crippen LogP contribution in [0.5, 0.6) is 0 Å². The quantitative estimate of drug-likeness (QED) is 0.819. The highest BCUT2D eigenvalue weighted by molar-refractivity contribution is 7.92. The lowest BCUT2D eigenvalue weighted by molar-refractivity contribution is -0.115. The summed E-state index contributed by atoms with van der Waals surface area (Å²) in [5, 5.41) is 11.9. The molecule has 2 aromatic rings. The number of carboxylic acid groups (broad SMARTS) is 1. The number of anilines is 2. The molecule has 0 atom stereocenters. The van der Waals surface area contributed by atoms with Gasteiger partial charge in [0, 0.05) is 12.2 Å². The van der Waals surface area contributed by atoms with Gasteiger partial charge in [0.2, 0.25) is 15.9 Å². The fraction of sp³-hybridized carbons (Fsp3) is 0.263. The van der Waals surface area contributed by atoms with Gasteiger partial charge in [0.15, 0.2) is 0 Å². The maximum atomic E-state index is 12.2. The van der Waals surface area contributed by atoms with E-state index in [1.165, 1.54) is 10.4 Å². The number of rotatable bonds is 5. The van der Waals surface area contributed by atoms with Gasteiger partial charge >= 0.3 is 5.97 Å². The van der Waals surface area contributed by atoms with E-state index in [-0.39, 0.29) is 23.6 Å². The smallest absolute Gasteiger partial charge is 0.335 e. The summed E-state index contributed by atoms with van der Waals surface area (Å²) in [6.45, 7) is 0.458. The number of benzene rings is 2. The molecule has 3 rings (SSSR count). The van der Waals surface area contributed by atoms with Gasteiger partial charge in [-0.25, -0.2) is 13.2 Å². The van der Waals surface area contributed by atoms with Gasteiger partial charge in [0.1, 0.15) is 0 Å². The topological polar surface area (TPSA) is 104 Å². The lowest BCUT2D eigenvalue weighted by Crippen LogP contribution is -2.37. The number of nitrogens with one attached hydrogen (secondary N) is 1. The van der Waals surface area contributed by atoms with Crippen LogP contribution in [-0.4, -0.2) is 37.7 Å². The molecule has 8 heteroatoms. The third-order valence-electron chi connectivity index (χ3n) is 4.39. The Morgan fingerprint density at radius 2 is 1.74 bits per heavy atom. The molecule has 0 spiro atoms. The van der Waals surface area contributed by atoms with Gasteiger partial charge in [-0.2, -0.15) is 0 Å². The zero-order valence-corrected chi connectivity index (χ0v) is 15.4. The molecule has 0 bridgehead atoms. The second-order valence-electron chi connectivity index (χ2n) is 6.33. The van der Waals surface area contributed by atoms with Gasteiger partial charge in [0.05, 0.1) is 23.4 Å². The summed E-state index contributed by atoms with van der Waals surface area (Å²) in [5.41, 5.74) is 1.62.